The molecule has 0 unspecified atom stereocenters. The zero-order chi connectivity index (χ0) is 39.8. The van der Waals surface area contributed by atoms with Crippen LogP contribution in [0, 0.1) is 0 Å². The Hall–Kier alpha value is -8.00. The fourth-order valence-corrected chi connectivity index (χ4v) is 11.4. The van der Waals surface area contributed by atoms with Gasteiger partial charge in [-0.25, -0.2) is 9.97 Å². The number of hydrogen-bond donors (Lipinski definition) is 0. The summed E-state index contributed by atoms with van der Waals surface area (Å²) in [6.07, 6.45) is 1.96. The van der Waals surface area contributed by atoms with Crippen molar-refractivity contribution in [3.05, 3.63) is 194 Å². The van der Waals surface area contributed by atoms with Crippen molar-refractivity contribution in [1.82, 2.24) is 28.1 Å². The Morgan fingerprint density at radius 2 is 0.820 bits per heavy atom. The first-order valence-electron chi connectivity index (χ1n) is 20.6. The van der Waals surface area contributed by atoms with Gasteiger partial charge in [-0.2, -0.15) is 0 Å². The summed E-state index contributed by atoms with van der Waals surface area (Å²) in [5.74, 6) is 1.82. The van der Waals surface area contributed by atoms with Crippen molar-refractivity contribution in [3.8, 4) is 28.3 Å². The van der Waals surface area contributed by atoms with Gasteiger partial charge in [0, 0.05) is 49.6 Å². The third-order valence-corrected chi connectivity index (χ3v) is 13.9. The molecule has 284 valence electrons. The second-order valence-corrected chi connectivity index (χ2v) is 16.8. The quantitative estimate of drug-likeness (QED) is 0.178. The predicted octanol–water partition coefficient (Wildman–Crippen LogP) is 14.1. The lowest BCUT2D eigenvalue weighted by Crippen LogP contribution is -2.01. The Labute approximate surface area is 352 Å². The highest BCUT2D eigenvalue weighted by molar-refractivity contribution is 7.27. The third kappa shape index (κ3) is 4.39. The van der Waals surface area contributed by atoms with Gasteiger partial charge < -0.3 is 4.57 Å². The predicted molar refractivity (Wildman–Crippen MR) is 254 cm³/mol. The van der Waals surface area contributed by atoms with E-state index in [9.17, 15) is 0 Å². The van der Waals surface area contributed by atoms with Gasteiger partial charge in [0.1, 0.15) is 5.52 Å². The number of hydrogen-bond acceptors (Lipinski definition) is 3. The molecule has 0 atom stereocenters. The van der Waals surface area contributed by atoms with Crippen LogP contribution in [-0.2, 0) is 0 Å². The van der Waals surface area contributed by atoms with Crippen molar-refractivity contribution in [3.63, 3.8) is 0 Å². The van der Waals surface area contributed by atoms with Crippen molar-refractivity contribution in [2.75, 3.05) is 0 Å². The number of thiophene rings is 1. The minimum atomic E-state index is 0.878. The molecule has 0 amide bonds. The molecule has 0 aliphatic rings. The van der Waals surface area contributed by atoms with Gasteiger partial charge in [-0.1, -0.05) is 127 Å². The molecule has 0 aliphatic heterocycles. The molecule has 61 heavy (non-hydrogen) atoms. The van der Waals surface area contributed by atoms with Crippen LogP contribution in [0.5, 0.6) is 0 Å². The van der Waals surface area contributed by atoms with E-state index in [4.69, 9.17) is 9.97 Å². The molecule has 8 aromatic carbocycles. The van der Waals surface area contributed by atoms with E-state index in [1.807, 2.05) is 6.20 Å². The first-order chi connectivity index (χ1) is 30.3. The molecule has 0 bridgehead atoms. The van der Waals surface area contributed by atoms with Crippen LogP contribution < -0.4 is 0 Å². The highest BCUT2D eigenvalue weighted by atomic mass is 32.1. The minimum absolute atomic E-state index is 0.878. The number of nitrogens with zero attached hydrogens (tertiary/aromatic N) is 6. The maximum Gasteiger partial charge on any atom is 0.220 e. The van der Waals surface area contributed by atoms with E-state index < -0.39 is 0 Å². The van der Waals surface area contributed by atoms with Crippen LogP contribution in [0.25, 0.3) is 120 Å². The number of benzene rings is 8. The standard InChI is InChI=1S/C54H32N6S/c1-7-21-41-33(15-1)34-16-2-8-22-42(34)57(41)43-23-9-3-17-35(43)38-20-6-12-26-46(38)59-47-27-13-14-28-48(47)60-49-30-29-39-40-31-32-55-53(52(40)61-51(39)50(49)56-54(59)60)58-44-24-10-4-18-36(44)37-19-5-11-25-45(37)58/h1-32H. The number of aromatic nitrogens is 6. The summed E-state index contributed by atoms with van der Waals surface area (Å²) in [6.45, 7) is 0. The maximum absolute atomic E-state index is 5.64. The summed E-state index contributed by atoms with van der Waals surface area (Å²) in [6, 6.07) is 67.7. The monoisotopic (exact) mass is 796 g/mol. The highest BCUT2D eigenvalue weighted by Gasteiger charge is 2.24. The lowest BCUT2D eigenvalue weighted by atomic mass is 10.0. The van der Waals surface area contributed by atoms with Gasteiger partial charge in [-0.15, -0.1) is 11.3 Å². The molecule has 0 saturated carbocycles. The van der Waals surface area contributed by atoms with Gasteiger partial charge in [0.25, 0.3) is 0 Å². The first kappa shape index (κ1) is 32.9. The lowest BCUT2D eigenvalue weighted by Gasteiger charge is -2.17. The van der Waals surface area contributed by atoms with E-state index in [1.165, 1.54) is 43.4 Å². The fraction of sp³-hybridized carbons (Fsp3) is 0. The van der Waals surface area contributed by atoms with Gasteiger partial charge in [0.15, 0.2) is 5.82 Å². The van der Waals surface area contributed by atoms with Crippen LogP contribution in [-0.4, -0.2) is 28.1 Å². The van der Waals surface area contributed by atoms with E-state index in [-0.39, 0.29) is 0 Å². The van der Waals surface area contributed by atoms with E-state index in [2.05, 4.69) is 206 Å². The molecular formula is C54H32N6S. The average molecular weight is 797 g/mol. The molecule has 6 heterocycles. The molecule has 14 rings (SSSR count). The van der Waals surface area contributed by atoms with E-state index in [0.29, 0.717) is 0 Å². The van der Waals surface area contributed by atoms with Gasteiger partial charge >= 0.3 is 0 Å². The molecule has 0 fully saturated rings. The summed E-state index contributed by atoms with van der Waals surface area (Å²) in [7, 11) is 0. The first-order valence-corrected chi connectivity index (χ1v) is 21.4. The summed E-state index contributed by atoms with van der Waals surface area (Å²) >= 11 is 1.79. The van der Waals surface area contributed by atoms with Gasteiger partial charge in [0.05, 0.1) is 59.4 Å². The normalized spacial score (nSPS) is 12.3. The summed E-state index contributed by atoms with van der Waals surface area (Å²) in [5, 5.41) is 7.31. The Morgan fingerprint density at radius 1 is 0.344 bits per heavy atom. The Morgan fingerprint density at radius 3 is 1.43 bits per heavy atom. The molecule has 0 spiro atoms. The summed E-state index contributed by atoms with van der Waals surface area (Å²) in [5.41, 5.74) is 13.4. The van der Waals surface area contributed by atoms with Crippen LogP contribution in [0.1, 0.15) is 0 Å². The lowest BCUT2D eigenvalue weighted by molar-refractivity contribution is 1.11. The zero-order valence-corrected chi connectivity index (χ0v) is 33.4. The average Bonchev–Trinajstić information content (AvgIpc) is 4.12. The number of pyridine rings is 1. The van der Waals surface area contributed by atoms with Crippen molar-refractivity contribution in [2.45, 2.75) is 0 Å². The molecule has 0 radical (unpaired) electrons. The number of fused-ring (bicyclic) bond motifs is 15. The van der Waals surface area contributed by atoms with Crippen molar-refractivity contribution >= 4 is 103 Å². The second-order valence-electron chi connectivity index (χ2n) is 15.8. The molecule has 7 heteroatoms. The second kappa shape index (κ2) is 12.3. The Balaban J connectivity index is 1.03. The van der Waals surface area contributed by atoms with Crippen molar-refractivity contribution < 1.29 is 0 Å². The fourth-order valence-electron chi connectivity index (χ4n) is 10.1. The van der Waals surface area contributed by atoms with Crippen LogP contribution in [0.3, 0.4) is 0 Å². The van der Waals surface area contributed by atoms with Gasteiger partial charge in [-0.05, 0) is 60.7 Å². The number of imidazole rings is 2. The number of rotatable bonds is 4. The van der Waals surface area contributed by atoms with Crippen LogP contribution >= 0.6 is 11.3 Å². The molecule has 0 saturated heterocycles. The van der Waals surface area contributed by atoms with E-state index in [0.717, 1.165) is 76.6 Å². The van der Waals surface area contributed by atoms with Gasteiger partial charge in [0.2, 0.25) is 5.78 Å². The number of para-hydroxylation sites is 8. The minimum Gasteiger partial charge on any atom is -0.309 e. The van der Waals surface area contributed by atoms with Crippen molar-refractivity contribution in [1.29, 1.82) is 0 Å². The Kier molecular flexibility index (Phi) is 6.62. The molecule has 6 aromatic heterocycles. The van der Waals surface area contributed by atoms with E-state index in [1.54, 1.807) is 11.3 Å². The highest BCUT2D eigenvalue weighted by Crippen LogP contribution is 2.44. The smallest absolute Gasteiger partial charge is 0.220 e. The van der Waals surface area contributed by atoms with E-state index >= 15 is 0 Å². The third-order valence-electron chi connectivity index (χ3n) is 12.7. The summed E-state index contributed by atoms with van der Waals surface area (Å²) in [4.78, 5) is 10.7. The van der Waals surface area contributed by atoms with Gasteiger partial charge in [-0.3, -0.25) is 13.5 Å². The topological polar surface area (TPSA) is 45.0 Å². The molecular weight excluding hydrogens is 765 g/mol. The molecule has 0 aliphatic carbocycles. The SMILES string of the molecule is c1ccc(-n2c3ccccc3c3ccccc32)c(-c2ccccc2-n2c3ccccc3n3c4ccc5c6ccnc(-n7c8ccccc8c8ccccc87)c6sc5c4nc23)c1. The maximum atomic E-state index is 5.64. The van der Waals surface area contributed by atoms with Crippen molar-refractivity contribution in [2.24, 2.45) is 0 Å². The largest absolute Gasteiger partial charge is 0.309 e. The Bertz CT molecular complexity index is 4030. The van der Waals surface area contributed by atoms with Crippen LogP contribution in [0.4, 0.5) is 0 Å². The molecule has 6 nitrogen and oxygen atoms in total. The zero-order valence-electron chi connectivity index (χ0n) is 32.6. The molecule has 0 N–H and O–H groups in total. The summed E-state index contributed by atoms with van der Waals surface area (Å²) < 4.78 is 11.8. The van der Waals surface area contributed by atoms with Crippen LogP contribution in [0.15, 0.2) is 194 Å². The molecule has 14 aromatic rings. The van der Waals surface area contributed by atoms with Crippen LogP contribution in [0.2, 0.25) is 0 Å².